The zero-order chi connectivity index (χ0) is 15.4. The summed E-state index contributed by atoms with van der Waals surface area (Å²) in [7, 11) is 1.35. The highest BCUT2D eigenvalue weighted by Crippen LogP contribution is 2.36. The first-order chi connectivity index (χ1) is 10.1. The lowest BCUT2D eigenvalue weighted by Gasteiger charge is -2.35. The van der Waals surface area contributed by atoms with E-state index >= 15 is 0 Å². The highest BCUT2D eigenvalue weighted by atomic mass is 16.6. The maximum absolute atomic E-state index is 12.1. The van der Waals surface area contributed by atoms with Crippen LogP contribution < -0.4 is 0 Å². The van der Waals surface area contributed by atoms with Gasteiger partial charge in [-0.3, -0.25) is 9.69 Å². The Morgan fingerprint density at radius 1 is 1.33 bits per heavy atom. The predicted molar refractivity (Wildman–Crippen MR) is 78.3 cm³/mol. The number of rotatable bonds is 3. The van der Waals surface area contributed by atoms with Crippen LogP contribution in [0.5, 0.6) is 0 Å². The second-order valence-corrected chi connectivity index (χ2v) is 4.81. The topological polar surface area (TPSA) is 55.8 Å². The van der Waals surface area contributed by atoms with E-state index in [1.807, 2.05) is 30.3 Å². The number of nitrogens with zero attached hydrogens (tertiary/aromatic N) is 1. The smallest absolute Gasteiger partial charge is 0.414 e. The number of esters is 1. The number of ether oxygens (including phenoxy) is 2. The van der Waals surface area contributed by atoms with Crippen LogP contribution in [0.3, 0.4) is 0 Å². The Morgan fingerprint density at radius 3 is 2.71 bits per heavy atom. The lowest BCUT2D eigenvalue weighted by molar-refractivity contribution is -0.146. The minimum absolute atomic E-state index is 0.282. The van der Waals surface area contributed by atoms with Crippen molar-refractivity contribution in [1.82, 2.24) is 4.90 Å². The fourth-order valence-corrected chi connectivity index (χ4v) is 2.53. The summed E-state index contributed by atoms with van der Waals surface area (Å²) in [6.07, 6.45) is 3.03. The number of hydrogen-bond acceptors (Lipinski definition) is 4. The molecule has 2 unspecified atom stereocenters. The van der Waals surface area contributed by atoms with Gasteiger partial charge in [0.15, 0.2) is 0 Å². The van der Waals surface area contributed by atoms with Crippen LogP contribution in [0.15, 0.2) is 30.5 Å². The molecule has 1 aromatic rings. The molecule has 0 saturated carbocycles. The Hall–Kier alpha value is -2.30. The van der Waals surface area contributed by atoms with Gasteiger partial charge in [0.05, 0.1) is 25.7 Å². The number of methoxy groups -OCH3 is 1. The van der Waals surface area contributed by atoms with Crippen molar-refractivity contribution < 1.29 is 19.1 Å². The van der Waals surface area contributed by atoms with Crippen molar-refractivity contribution in [2.45, 2.75) is 19.9 Å². The van der Waals surface area contributed by atoms with Crippen molar-refractivity contribution in [2.24, 2.45) is 5.92 Å². The van der Waals surface area contributed by atoms with Crippen molar-refractivity contribution in [2.75, 3.05) is 13.7 Å². The zero-order valence-electron chi connectivity index (χ0n) is 12.4. The van der Waals surface area contributed by atoms with E-state index in [4.69, 9.17) is 9.47 Å². The molecule has 5 nitrogen and oxygen atoms in total. The van der Waals surface area contributed by atoms with E-state index in [0.29, 0.717) is 0 Å². The number of amides is 1. The van der Waals surface area contributed by atoms with E-state index in [2.05, 4.69) is 0 Å². The first-order valence-corrected chi connectivity index (χ1v) is 6.90. The Balaban J connectivity index is 2.43. The van der Waals surface area contributed by atoms with Gasteiger partial charge in [0.1, 0.15) is 0 Å². The summed E-state index contributed by atoms with van der Waals surface area (Å²) in [5, 5.41) is 0. The second kappa shape index (κ2) is 6.43. The van der Waals surface area contributed by atoms with Gasteiger partial charge < -0.3 is 9.47 Å². The van der Waals surface area contributed by atoms with Crippen molar-refractivity contribution >= 4 is 18.1 Å². The van der Waals surface area contributed by atoms with Crippen LogP contribution in [0.1, 0.15) is 31.0 Å². The Labute approximate surface area is 124 Å². The van der Waals surface area contributed by atoms with E-state index in [-0.39, 0.29) is 12.6 Å². The molecule has 1 amide bonds. The summed E-state index contributed by atoms with van der Waals surface area (Å²) in [6.45, 7) is 3.78. The zero-order valence-corrected chi connectivity index (χ0v) is 12.4. The van der Waals surface area contributed by atoms with Gasteiger partial charge in [0, 0.05) is 6.20 Å². The number of fused-ring (bicyclic) bond motifs is 1. The van der Waals surface area contributed by atoms with Crippen molar-refractivity contribution in [1.29, 1.82) is 0 Å². The SMILES string of the molecule is CCOC(=O)N1C=Cc2ccccc2C1C(C)C(=O)OC. The van der Waals surface area contributed by atoms with Gasteiger partial charge in [-0.1, -0.05) is 24.3 Å². The van der Waals surface area contributed by atoms with E-state index < -0.39 is 18.1 Å². The summed E-state index contributed by atoms with van der Waals surface area (Å²) < 4.78 is 9.90. The summed E-state index contributed by atoms with van der Waals surface area (Å²) in [6, 6.07) is 7.24. The third kappa shape index (κ3) is 2.91. The quantitative estimate of drug-likeness (QED) is 0.803. The molecule has 1 heterocycles. The summed E-state index contributed by atoms with van der Waals surface area (Å²) in [5.74, 6) is -0.857. The van der Waals surface area contributed by atoms with Crippen molar-refractivity contribution in [3.63, 3.8) is 0 Å². The molecule has 0 radical (unpaired) electrons. The Kier molecular flexibility index (Phi) is 4.62. The van der Waals surface area contributed by atoms with Crippen LogP contribution in [-0.4, -0.2) is 30.7 Å². The molecular formula is C16H19NO4. The second-order valence-electron chi connectivity index (χ2n) is 4.81. The van der Waals surface area contributed by atoms with E-state index in [0.717, 1.165) is 11.1 Å². The number of carbonyl (C=O) groups excluding carboxylic acids is 2. The van der Waals surface area contributed by atoms with Crippen LogP contribution in [0, 0.1) is 5.92 Å². The lowest BCUT2D eigenvalue weighted by Crippen LogP contribution is -2.39. The van der Waals surface area contributed by atoms with Gasteiger partial charge in [-0.05, 0) is 31.1 Å². The van der Waals surface area contributed by atoms with Crippen LogP contribution in [0.2, 0.25) is 0 Å². The van der Waals surface area contributed by atoms with Crippen LogP contribution in [0.4, 0.5) is 4.79 Å². The van der Waals surface area contributed by atoms with Gasteiger partial charge in [0.2, 0.25) is 0 Å². The molecule has 0 fully saturated rings. The van der Waals surface area contributed by atoms with E-state index in [9.17, 15) is 9.59 Å². The van der Waals surface area contributed by atoms with Gasteiger partial charge in [-0.25, -0.2) is 4.79 Å². The minimum Gasteiger partial charge on any atom is -0.469 e. The van der Waals surface area contributed by atoms with Gasteiger partial charge in [-0.15, -0.1) is 0 Å². The largest absolute Gasteiger partial charge is 0.469 e. The molecule has 0 aliphatic carbocycles. The molecule has 112 valence electrons. The lowest BCUT2D eigenvalue weighted by atomic mass is 9.88. The fraction of sp³-hybridized carbons (Fsp3) is 0.375. The summed E-state index contributed by atoms with van der Waals surface area (Å²) >= 11 is 0. The highest BCUT2D eigenvalue weighted by molar-refractivity contribution is 5.78. The number of benzene rings is 1. The minimum atomic E-state index is -0.495. The van der Waals surface area contributed by atoms with E-state index in [1.165, 1.54) is 12.0 Å². The molecule has 0 bridgehead atoms. The normalized spacial score (nSPS) is 17.9. The third-order valence-electron chi connectivity index (χ3n) is 3.55. The average Bonchev–Trinajstić information content (AvgIpc) is 2.52. The number of hydrogen-bond donors (Lipinski definition) is 0. The van der Waals surface area contributed by atoms with Crippen molar-refractivity contribution in [3.05, 3.63) is 41.6 Å². The molecule has 2 atom stereocenters. The highest BCUT2D eigenvalue weighted by Gasteiger charge is 2.36. The third-order valence-corrected chi connectivity index (χ3v) is 3.55. The molecule has 0 N–H and O–H groups in total. The summed E-state index contributed by atoms with van der Waals surface area (Å²) in [5.41, 5.74) is 1.89. The van der Waals surface area contributed by atoms with Crippen molar-refractivity contribution in [3.8, 4) is 0 Å². The maximum atomic E-state index is 12.1. The van der Waals surface area contributed by atoms with Crippen LogP contribution in [-0.2, 0) is 14.3 Å². The monoisotopic (exact) mass is 289 g/mol. The van der Waals surface area contributed by atoms with Crippen LogP contribution in [0.25, 0.3) is 6.08 Å². The molecule has 1 aliphatic heterocycles. The Morgan fingerprint density at radius 2 is 2.05 bits per heavy atom. The molecule has 0 aromatic heterocycles. The molecule has 0 saturated heterocycles. The fourth-order valence-electron chi connectivity index (χ4n) is 2.53. The Bertz CT molecular complexity index is 567. The molecule has 0 spiro atoms. The molecule has 21 heavy (non-hydrogen) atoms. The van der Waals surface area contributed by atoms with Crippen LogP contribution >= 0.6 is 0 Å². The first kappa shape index (κ1) is 15.1. The van der Waals surface area contributed by atoms with E-state index in [1.54, 1.807) is 20.0 Å². The average molecular weight is 289 g/mol. The van der Waals surface area contributed by atoms with Gasteiger partial charge in [-0.2, -0.15) is 0 Å². The van der Waals surface area contributed by atoms with Gasteiger partial charge in [0.25, 0.3) is 0 Å². The summed E-state index contributed by atoms with van der Waals surface area (Å²) in [4.78, 5) is 25.5. The molecule has 1 aliphatic rings. The number of carbonyl (C=O) groups is 2. The molecule has 1 aromatic carbocycles. The molecule has 5 heteroatoms. The molecular weight excluding hydrogens is 270 g/mol. The maximum Gasteiger partial charge on any atom is 0.414 e. The standard InChI is InChI=1S/C16H19NO4/c1-4-21-16(19)17-10-9-12-7-5-6-8-13(12)14(17)11(2)15(18)20-3/h5-11,14H,4H2,1-3H3. The van der Waals surface area contributed by atoms with Gasteiger partial charge >= 0.3 is 12.1 Å². The first-order valence-electron chi connectivity index (χ1n) is 6.90. The predicted octanol–water partition coefficient (Wildman–Crippen LogP) is 2.98. The molecule has 2 rings (SSSR count).